The van der Waals surface area contributed by atoms with Gasteiger partial charge in [-0.3, -0.25) is 0 Å². The summed E-state index contributed by atoms with van der Waals surface area (Å²) < 4.78 is 0. The number of aliphatic hydroxyl groups excluding tert-OH is 2. The van der Waals surface area contributed by atoms with E-state index in [9.17, 15) is 19.8 Å². The zero-order chi connectivity index (χ0) is 21.1. The Bertz CT molecular complexity index is 457. The van der Waals surface area contributed by atoms with Gasteiger partial charge in [0.05, 0.1) is 13.2 Å². The fourth-order valence-corrected chi connectivity index (χ4v) is 4.01. The monoisotopic (exact) mass is 384 g/mol. The van der Waals surface area contributed by atoms with Crippen molar-refractivity contribution in [2.45, 2.75) is 71.6 Å². The fourth-order valence-electron chi connectivity index (χ4n) is 4.01. The Hall–Kier alpha value is -1.66. The lowest BCUT2D eigenvalue weighted by Crippen LogP contribution is -2.50. The summed E-state index contributed by atoms with van der Waals surface area (Å²) >= 11 is 0. The molecule has 156 valence electrons. The third kappa shape index (κ3) is 7.46. The highest BCUT2D eigenvalue weighted by Gasteiger charge is 2.51. The van der Waals surface area contributed by atoms with Crippen LogP contribution in [0.25, 0.3) is 0 Å². The summed E-state index contributed by atoms with van der Waals surface area (Å²) in [7, 11) is 0. The summed E-state index contributed by atoms with van der Waals surface area (Å²) in [4.78, 5) is 19.2. The van der Waals surface area contributed by atoms with Crippen molar-refractivity contribution >= 4 is 11.9 Å². The molecule has 1 spiro atoms. The van der Waals surface area contributed by atoms with Gasteiger partial charge in [-0.25, -0.2) is 9.59 Å². The maximum atomic E-state index is 9.70. The van der Waals surface area contributed by atoms with Crippen LogP contribution in [-0.2, 0) is 9.59 Å². The van der Waals surface area contributed by atoms with Crippen LogP contribution >= 0.6 is 0 Å². The molecule has 2 fully saturated rings. The van der Waals surface area contributed by atoms with Crippen LogP contribution in [0.5, 0.6) is 0 Å². The molecule has 0 bridgehead atoms. The summed E-state index contributed by atoms with van der Waals surface area (Å²) in [6, 6.07) is 0. The van der Waals surface area contributed by atoms with E-state index in [1.807, 2.05) is 0 Å². The molecule has 2 aliphatic carbocycles. The number of rotatable bonds is 4. The molecule has 4 N–H and O–H groups in total. The van der Waals surface area contributed by atoms with Crippen LogP contribution in [0.2, 0.25) is 0 Å². The van der Waals surface area contributed by atoms with Crippen LogP contribution in [0.1, 0.15) is 71.6 Å². The van der Waals surface area contributed by atoms with Crippen molar-refractivity contribution in [2.24, 2.45) is 10.8 Å². The zero-order valence-electron chi connectivity index (χ0n) is 16.8. The molecule has 0 atom stereocenters. The largest absolute Gasteiger partial charge is 0.478 e. The Morgan fingerprint density at radius 2 is 1.04 bits per heavy atom. The molecule has 6 heteroatoms. The number of hydrogen-bond donors (Lipinski definition) is 4. The lowest BCUT2D eigenvalue weighted by Gasteiger charge is -2.54. The van der Waals surface area contributed by atoms with Crippen LogP contribution in [-0.4, -0.2) is 45.6 Å². The van der Waals surface area contributed by atoms with E-state index < -0.39 is 11.9 Å². The first-order valence-electron chi connectivity index (χ1n) is 9.57. The van der Waals surface area contributed by atoms with Gasteiger partial charge in [-0.15, -0.1) is 0 Å². The second-order valence-electron chi connectivity index (χ2n) is 7.82. The van der Waals surface area contributed by atoms with E-state index in [2.05, 4.69) is 13.2 Å². The number of aliphatic carboxylic acids is 2. The molecule has 0 unspecified atom stereocenters. The van der Waals surface area contributed by atoms with Crippen molar-refractivity contribution in [1.82, 2.24) is 0 Å². The molecular weight excluding hydrogens is 348 g/mol. The Balaban J connectivity index is 0.000000470. The van der Waals surface area contributed by atoms with Gasteiger partial charge in [0.25, 0.3) is 0 Å². The minimum Gasteiger partial charge on any atom is -0.478 e. The molecule has 2 saturated carbocycles. The molecule has 0 amide bonds. The van der Waals surface area contributed by atoms with Gasteiger partial charge in [-0.2, -0.15) is 0 Å². The van der Waals surface area contributed by atoms with E-state index in [0.717, 1.165) is 6.42 Å². The number of hydrogen-bond acceptors (Lipinski definition) is 4. The van der Waals surface area contributed by atoms with Crippen molar-refractivity contribution in [1.29, 1.82) is 0 Å². The number of carboxylic acid groups (broad SMARTS) is 2. The van der Waals surface area contributed by atoms with Gasteiger partial charge < -0.3 is 20.4 Å². The summed E-state index contributed by atoms with van der Waals surface area (Å²) in [5, 5.41) is 35.2. The molecule has 2 aliphatic rings. The Labute approximate surface area is 162 Å². The van der Waals surface area contributed by atoms with Gasteiger partial charge in [0.1, 0.15) is 0 Å². The molecule has 0 aromatic rings. The van der Waals surface area contributed by atoms with E-state index in [0.29, 0.717) is 0 Å². The first-order valence-corrected chi connectivity index (χ1v) is 9.57. The normalized spacial score (nSPS) is 19.6. The van der Waals surface area contributed by atoms with E-state index in [-0.39, 0.29) is 35.2 Å². The predicted octanol–water partition coefficient (Wildman–Crippen LogP) is 3.78. The molecular formula is C21H36O6. The number of aliphatic hydroxyl groups is 2. The number of carboxylic acids is 2. The maximum Gasteiger partial charge on any atom is 0.330 e. The van der Waals surface area contributed by atoms with Crippen LogP contribution in [0, 0.1) is 10.8 Å². The van der Waals surface area contributed by atoms with Crippen LogP contribution in [0.4, 0.5) is 0 Å². The van der Waals surface area contributed by atoms with Crippen LogP contribution in [0.3, 0.4) is 0 Å². The van der Waals surface area contributed by atoms with E-state index in [1.165, 1.54) is 65.2 Å². The Morgan fingerprint density at radius 3 is 1.33 bits per heavy atom. The molecule has 0 aromatic heterocycles. The Morgan fingerprint density at radius 1 is 0.741 bits per heavy atom. The molecule has 0 aliphatic heterocycles. The second-order valence-corrected chi connectivity index (χ2v) is 7.82. The van der Waals surface area contributed by atoms with Gasteiger partial charge in [0, 0.05) is 16.6 Å². The van der Waals surface area contributed by atoms with Crippen molar-refractivity contribution < 1.29 is 30.0 Å². The van der Waals surface area contributed by atoms with Crippen LogP contribution < -0.4 is 0 Å². The lowest BCUT2D eigenvalue weighted by atomic mass is 9.51. The lowest BCUT2D eigenvalue weighted by molar-refractivity contribution is -0.133. The molecule has 6 nitrogen and oxygen atoms in total. The SMILES string of the molecule is C=C(C)C(=O)O.C=C(C)C(=O)O.OCC1(CO)CCCCC12CCCCC2. The average molecular weight is 385 g/mol. The van der Waals surface area contributed by atoms with Gasteiger partial charge in [0.2, 0.25) is 0 Å². The quantitative estimate of drug-likeness (QED) is 0.548. The summed E-state index contributed by atoms with van der Waals surface area (Å²) in [6.07, 6.45) is 11.1. The van der Waals surface area contributed by atoms with E-state index >= 15 is 0 Å². The van der Waals surface area contributed by atoms with Crippen molar-refractivity contribution in [3.63, 3.8) is 0 Å². The van der Waals surface area contributed by atoms with E-state index in [1.54, 1.807) is 0 Å². The fraction of sp³-hybridized carbons (Fsp3) is 0.714. The average Bonchev–Trinajstić information content (AvgIpc) is 2.64. The summed E-state index contributed by atoms with van der Waals surface area (Å²) in [6.45, 7) is 9.57. The minimum atomic E-state index is -0.935. The topological polar surface area (TPSA) is 115 Å². The molecule has 2 rings (SSSR count). The van der Waals surface area contributed by atoms with Crippen molar-refractivity contribution in [2.75, 3.05) is 13.2 Å². The van der Waals surface area contributed by atoms with Crippen LogP contribution in [0.15, 0.2) is 24.3 Å². The first-order chi connectivity index (χ1) is 12.6. The van der Waals surface area contributed by atoms with E-state index in [4.69, 9.17) is 10.2 Å². The minimum absolute atomic E-state index is 0.161. The molecule has 0 radical (unpaired) electrons. The highest BCUT2D eigenvalue weighted by molar-refractivity contribution is 5.85. The Kier molecular flexibility index (Phi) is 11.2. The van der Waals surface area contributed by atoms with Gasteiger partial charge >= 0.3 is 11.9 Å². The predicted molar refractivity (Wildman–Crippen MR) is 105 cm³/mol. The van der Waals surface area contributed by atoms with Gasteiger partial charge in [0.15, 0.2) is 0 Å². The van der Waals surface area contributed by atoms with Crippen molar-refractivity contribution in [3.8, 4) is 0 Å². The highest BCUT2D eigenvalue weighted by atomic mass is 16.4. The highest BCUT2D eigenvalue weighted by Crippen LogP contribution is 2.57. The summed E-state index contributed by atoms with van der Waals surface area (Å²) in [5.74, 6) is -1.87. The zero-order valence-corrected chi connectivity index (χ0v) is 16.8. The third-order valence-electron chi connectivity index (χ3n) is 5.83. The molecule has 0 aromatic carbocycles. The molecule has 0 heterocycles. The third-order valence-corrected chi connectivity index (χ3v) is 5.83. The smallest absolute Gasteiger partial charge is 0.330 e. The molecule has 0 saturated heterocycles. The molecule has 27 heavy (non-hydrogen) atoms. The van der Waals surface area contributed by atoms with Gasteiger partial charge in [-0.1, -0.05) is 45.3 Å². The van der Waals surface area contributed by atoms with Crippen molar-refractivity contribution in [3.05, 3.63) is 24.3 Å². The second kappa shape index (κ2) is 11.9. The maximum absolute atomic E-state index is 9.70. The first kappa shape index (κ1) is 25.3. The standard InChI is InChI=1S/C13H24O2.2C4H6O2/c14-10-13(11-15)9-5-4-8-12(13)6-2-1-3-7-12;2*1-3(2)4(5)6/h14-15H,1-11H2;2*1H2,2H3,(H,5,6). The number of carbonyl (C=O) groups is 2. The van der Waals surface area contributed by atoms with Gasteiger partial charge in [-0.05, 0) is 44.9 Å². The summed E-state index contributed by atoms with van der Waals surface area (Å²) in [5.41, 5.74) is 0.462.